The molecule has 4 heteroatoms. The van der Waals surface area contributed by atoms with E-state index in [-0.39, 0.29) is 6.61 Å². The molecule has 0 radical (unpaired) electrons. The SMILES string of the molecule is C=CC(=O)OCC(CCCCCCCCCCCC)OC(=O)C=C. The average molecular weight is 338 g/mol. The van der Waals surface area contributed by atoms with Gasteiger partial charge >= 0.3 is 11.9 Å². The van der Waals surface area contributed by atoms with Crippen LogP contribution in [0.4, 0.5) is 0 Å². The van der Waals surface area contributed by atoms with Gasteiger partial charge in [0.2, 0.25) is 0 Å². The van der Waals surface area contributed by atoms with Gasteiger partial charge in [-0.2, -0.15) is 0 Å². The first-order chi connectivity index (χ1) is 11.6. The molecule has 0 saturated heterocycles. The van der Waals surface area contributed by atoms with Gasteiger partial charge in [-0.3, -0.25) is 0 Å². The first-order valence-corrected chi connectivity index (χ1v) is 9.26. The van der Waals surface area contributed by atoms with Crippen molar-refractivity contribution in [3.05, 3.63) is 25.3 Å². The zero-order valence-electron chi connectivity index (χ0n) is 15.3. The second kappa shape index (κ2) is 16.3. The molecular formula is C20H34O4. The number of carbonyl (C=O) groups excluding carboxylic acids is 2. The van der Waals surface area contributed by atoms with Crippen LogP contribution in [-0.2, 0) is 19.1 Å². The van der Waals surface area contributed by atoms with Crippen molar-refractivity contribution in [3.63, 3.8) is 0 Å². The first kappa shape index (κ1) is 22.4. The number of hydrogen-bond acceptors (Lipinski definition) is 4. The molecule has 1 unspecified atom stereocenters. The van der Waals surface area contributed by atoms with Crippen LogP contribution in [0.5, 0.6) is 0 Å². The van der Waals surface area contributed by atoms with E-state index in [1.165, 1.54) is 51.4 Å². The van der Waals surface area contributed by atoms with Crippen molar-refractivity contribution in [1.29, 1.82) is 0 Å². The van der Waals surface area contributed by atoms with Crippen molar-refractivity contribution < 1.29 is 19.1 Å². The van der Waals surface area contributed by atoms with Gasteiger partial charge in [-0.25, -0.2) is 9.59 Å². The molecule has 0 N–H and O–H groups in total. The molecule has 0 aliphatic heterocycles. The fourth-order valence-corrected chi connectivity index (χ4v) is 2.48. The highest BCUT2D eigenvalue weighted by molar-refractivity contribution is 5.82. The Balaban J connectivity index is 3.76. The normalized spacial score (nSPS) is 11.5. The summed E-state index contributed by atoms with van der Waals surface area (Å²) in [5, 5.41) is 0. The molecule has 24 heavy (non-hydrogen) atoms. The second-order valence-electron chi connectivity index (χ2n) is 6.07. The summed E-state index contributed by atoms with van der Waals surface area (Å²) in [5.41, 5.74) is 0. The van der Waals surface area contributed by atoms with Gasteiger partial charge in [-0.15, -0.1) is 0 Å². The molecule has 138 valence electrons. The third kappa shape index (κ3) is 14.0. The molecule has 0 aromatic rings. The van der Waals surface area contributed by atoms with E-state index in [4.69, 9.17) is 9.47 Å². The van der Waals surface area contributed by atoms with E-state index in [0.717, 1.165) is 25.0 Å². The van der Waals surface area contributed by atoms with E-state index in [0.29, 0.717) is 6.42 Å². The lowest BCUT2D eigenvalue weighted by molar-refractivity contribution is -0.153. The monoisotopic (exact) mass is 338 g/mol. The Hall–Kier alpha value is -1.58. The van der Waals surface area contributed by atoms with Crippen molar-refractivity contribution in [2.24, 2.45) is 0 Å². The summed E-state index contributed by atoms with van der Waals surface area (Å²) >= 11 is 0. The highest BCUT2D eigenvalue weighted by Crippen LogP contribution is 2.13. The molecule has 0 rings (SSSR count). The summed E-state index contributed by atoms with van der Waals surface area (Å²) in [6.07, 6.45) is 15.0. The van der Waals surface area contributed by atoms with E-state index in [1.54, 1.807) is 0 Å². The van der Waals surface area contributed by atoms with Gasteiger partial charge in [0.15, 0.2) is 0 Å². The zero-order chi connectivity index (χ0) is 18.0. The van der Waals surface area contributed by atoms with Crippen LogP contribution in [0.1, 0.15) is 77.6 Å². The van der Waals surface area contributed by atoms with Crippen LogP contribution in [0.25, 0.3) is 0 Å². The molecule has 0 aliphatic rings. The molecule has 0 amide bonds. The number of esters is 2. The molecule has 0 fully saturated rings. The fourth-order valence-electron chi connectivity index (χ4n) is 2.48. The van der Waals surface area contributed by atoms with Crippen LogP contribution >= 0.6 is 0 Å². The van der Waals surface area contributed by atoms with Crippen molar-refractivity contribution in [3.8, 4) is 0 Å². The lowest BCUT2D eigenvalue weighted by atomic mass is 10.0. The Morgan fingerprint density at radius 3 is 1.83 bits per heavy atom. The lowest BCUT2D eigenvalue weighted by Gasteiger charge is -2.16. The van der Waals surface area contributed by atoms with E-state index in [2.05, 4.69) is 20.1 Å². The van der Waals surface area contributed by atoms with Crippen molar-refractivity contribution in [2.75, 3.05) is 6.61 Å². The Labute approximate surface area is 147 Å². The van der Waals surface area contributed by atoms with E-state index < -0.39 is 18.0 Å². The standard InChI is InChI=1S/C20H34O4/c1-4-7-8-9-10-11-12-13-14-15-16-18(24-20(22)6-3)17-23-19(21)5-2/h5-6,18H,2-4,7-17H2,1H3. The maximum absolute atomic E-state index is 11.3. The van der Waals surface area contributed by atoms with Crippen molar-refractivity contribution in [2.45, 2.75) is 83.7 Å². The topological polar surface area (TPSA) is 52.6 Å². The minimum absolute atomic E-state index is 0.0713. The quantitative estimate of drug-likeness (QED) is 0.222. The maximum atomic E-state index is 11.3. The maximum Gasteiger partial charge on any atom is 0.330 e. The summed E-state index contributed by atoms with van der Waals surface area (Å²) < 4.78 is 10.2. The number of carbonyl (C=O) groups is 2. The number of unbranched alkanes of at least 4 members (excludes halogenated alkanes) is 9. The van der Waals surface area contributed by atoms with E-state index in [9.17, 15) is 9.59 Å². The minimum Gasteiger partial charge on any atom is -0.459 e. The Morgan fingerprint density at radius 2 is 1.33 bits per heavy atom. The van der Waals surface area contributed by atoms with Crippen LogP contribution < -0.4 is 0 Å². The van der Waals surface area contributed by atoms with Gasteiger partial charge < -0.3 is 9.47 Å². The van der Waals surface area contributed by atoms with E-state index >= 15 is 0 Å². The predicted molar refractivity (Wildman–Crippen MR) is 97.7 cm³/mol. The van der Waals surface area contributed by atoms with Gasteiger partial charge in [-0.05, 0) is 12.8 Å². The third-order valence-electron chi connectivity index (χ3n) is 3.91. The number of ether oxygens (including phenoxy) is 2. The molecular weight excluding hydrogens is 304 g/mol. The first-order valence-electron chi connectivity index (χ1n) is 9.26. The van der Waals surface area contributed by atoms with Gasteiger partial charge in [-0.1, -0.05) is 77.9 Å². The zero-order valence-corrected chi connectivity index (χ0v) is 15.3. The smallest absolute Gasteiger partial charge is 0.330 e. The molecule has 0 heterocycles. The van der Waals surface area contributed by atoms with Gasteiger partial charge in [0, 0.05) is 12.2 Å². The number of rotatable bonds is 16. The fraction of sp³-hybridized carbons (Fsp3) is 0.700. The van der Waals surface area contributed by atoms with E-state index in [1.807, 2.05) is 0 Å². The predicted octanol–water partition coefficient (Wildman–Crippen LogP) is 5.12. The molecule has 0 aliphatic carbocycles. The molecule has 0 saturated carbocycles. The molecule has 1 atom stereocenters. The summed E-state index contributed by atoms with van der Waals surface area (Å²) in [5.74, 6) is -0.987. The Bertz CT molecular complexity index is 363. The average Bonchev–Trinajstić information content (AvgIpc) is 2.60. The summed E-state index contributed by atoms with van der Waals surface area (Å²) in [6, 6.07) is 0. The van der Waals surface area contributed by atoms with Crippen molar-refractivity contribution in [1.82, 2.24) is 0 Å². The van der Waals surface area contributed by atoms with Crippen LogP contribution in [0.15, 0.2) is 25.3 Å². The molecule has 4 nitrogen and oxygen atoms in total. The summed E-state index contributed by atoms with van der Waals surface area (Å²) in [4.78, 5) is 22.4. The Kier molecular flexibility index (Phi) is 15.2. The van der Waals surface area contributed by atoms with Crippen LogP contribution in [-0.4, -0.2) is 24.6 Å². The number of hydrogen-bond donors (Lipinski definition) is 0. The summed E-state index contributed by atoms with van der Waals surface area (Å²) in [7, 11) is 0. The van der Waals surface area contributed by atoms with Crippen LogP contribution in [0.2, 0.25) is 0 Å². The van der Waals surface area contributed by atoms with Crippen molar-refractivity contribution >= 4 is 11.9 Å². The molecule has 0 aromatic heterocycles. The molecule has 0 bridgehead atoms. The Morgan fingerprint density at radius 1 is 0.833 bits per heavy atom. The molecule has 0 aromatic carbocycles. The lowest BCUT2D eigenvalue weighted by Crippen LogP contribution is -2.24. The minimum atomic E-state index is -0.502. The third-order valence-corrected chi connectivity index (χ3v) is 3.91. The largest absolute Gasteiger partial charge is 0.459 e. The summed E-state index contributed by atoms with van der Waals surface area (Å²) in [6.45, 7) is 9.03. The van der Waals surface area contributed by atoms with Crippen LogP contribution in [0, 0.1) is 0 Å². The molecule has 0 spiro atoms. The van der Waals surface area contributed by atoms with Gasteiger partial charge in [0.25, 0.3) is 0 Å². The highest BCUT2D eigenvalue weighted by atomic mass is 16.6. The van der Waals surface area contributed by atoms with Gasteiger partial charge in [0.05, 0.1) is 0 Å². The van der Waals surface area contributed by atoms with Gasteiger partial charge in [0.1, 0.15) is 12.7 Å². The van der Waals surface area contributed by atoms with Crippen LogP contribution in [0.3, 0.4) is 0 Å². The second-order valence-corrected chi connectivity index (χ2v) is 6.07. The highest BCUT2D eigenvalue weighted by Gasteiger charge is 2.14.